The van der Waals surface area contributed by atoms with Crippen molar-refractivity contribution >= 4 is 29.3 Å². The lowest BCUT2D eigenvalue weighted by Crippen LogP contribution is -2.07. The highest BCUT2D eigenvalue weighted by Gasteiger charge is 2.23. The summed E-state index contributed by atoms with van der Waals surface area (Å²) in [5.74, 6) is -0.661. The summed E-state index contributed by atoms with van der Waals surface area (Å²) in [4.78, 5) is 23.7. The van der Waals surface area contributed by atoms with Gasteiger partial charge < -0.3 is 19.9 Å². The maximum Gasteiger partial charge on any atom is 0.336 e. The fourth-order valence-electron chi connectivity index (χ4n) is 3.50. The molecule has 0 saturated carbocycles. The molecule has 0 spiro atoms. The molecule has 0 atom stereocenters. The SMILES string of the molecule is CNCc1c(O)ccc2c(-c3ccccc3C(=O)O)c3ccc(=O)cc-3oc12.Cl. The lowest BCUT2D eigenvalue weighted by atomic mass is 9.90. The zero-order valence-corrected chi connectivity index (χ0v) is 16.2. The molecule has 1 heterocycles. The number of fused-ring (bicyclic) bond motifs is 2. The van der Waals surface area contributed by atoms with Crippen molar-refractivity contribution in [2.45, 2.75) is 6.54 Å². The first-order valence-electron chi connectivity index (χ1n) is 8.70. The Morgan fingerprint density at radius 3 is 2.55 bits per heavy atom. The molecule has 1 aliphatic heterocycles. The number of nitrogens with one attached hydrogen (secondary N) is 1. The highest BCUT2D eigenvalue weighted by atomic mass is 35.5. The number of rotatable bonds is 4. The van der Waals surface area contributed by atoms with E-state index in [4.69, 9.17) is 4.42 Å². The van der Waals surface area contributed by atoms with Gasteiger partial charge in [-0.25, -0.2) is 4.79 Å². The van der Waals surface area contributed by atoms with Gasteiger partial charge in [0, 0.05) is 29.1 Å². The van der Waals surface area contributed by atoms with Gasteiger partial charge in [0.15, 0.2) is 5.43 Å². The fourth-order valence-corrected chi connectivity index (χ4v) is 3.50. The molecule has 1 aliphatic carbocycles. The summed E-state index contributed by atoms with van der Waals surface area (Å²) in [6, 6.07) is 14.4. The number of phenols is 1. The molecule has 2 aromatic carbocycles. The molecule has 148 valence electrons. The van der Waals surface area contributed by atoms with Crippen LogP contribution < -0.4 is 10.7 Å². The number of hydrogen-bond acceptors (Lipinski definition) is 5. The van der Waals surface area contributed by atoms with Crippen molar-refractivity contribution in [3.63, 3.8) is 0 Å². The quantitative estimate of drug-likeness (QED) is 0.437. The van der Waals surface area contributed by atoms with E-state index in [-0.39, 0.29) is 29.1 Å². The van der Waals surface area contributed by atoms with Crippen molar-refractivity contribution in [1.29, 1.82) is 0 Å². The van der Waals surface area contributed by atoms with Crippen molar-refractivity contribution in [2.75, 3.05) is 7.05 Å². The summed E-state index contributed by atoms with van der Waals surface area (Å²) < 4.78 is 6.01. The number of benzene rings is 3. The van der Waals surface area contributed by atoms with Crippen LogP contribution in [0.15, 0.2) is 63.8 Å². The Morgan fingerprint density at radius 2 is 1.83 bits per heavy atom. The van der Waals surface area contributed by atoms with Crippen LogP contribution in [-0.4, -0.2) is 23.2 Å². The number of carboxylic acids is 1. The second-order valence-corrected chi connectivity index (χ2v) is 6.46. The lowest BCUT2D eigenvalue weighted by molar-refractivity contribution is 0.0697. The Labute approximate surface area is 172 Å². The summed E-state index contributed by atoms with van der Waals surface area (Å²) in [5, 5.41) is 23.6. The van der Waals surface area contributed by atoms with Gasteiger partial charge in [-0.1, -0.05) is 18.2 Å². The molecular weight excluding hydrogens is 394 g/mol. The molecule has 4 rings (SSSR count). The van der Waals surface area contributed by atoms with E-state index in [9.17, 15) is 19.8 Å². The van der Waals surface area contributed by atoms with Gasteiger partial charge in [-0.2, -0.15) is 0 Å². The molecule has 6 nitrogen and oxygen atoms in total. The Morgan fingerprint density at radius 1 is 1.07 bits per heavy atom. The van der Waals surface area contributed by atoms with E-state index in [1.165, 1.54) is 18.2 Å². The van der Waals surface area contributed by atoms with Crippen LogP contribution in [0.25, 0.3) is 33.4 Å². The largest absolute Gasteiger partial charge is 0.507 e. The molecular formula is C22H18ClNO5. The van der Waals surface area contributed by atoms with Gasteiger partial charge in [-0.05, 0) is 42.9 Å². The second-order valence-electron chi connectivity index (χ2n) is 6.46. The van der Waals surface area contributed by atoms with E-state index in [1.54, 1.807) is 43.4 Å². The second kappa shape index (κ2) is 7.95. The molecule has 2 aromatic rings. The zero-order chi connectivity index (χ0) is 19.8. The molecule has 29 heavy (non-hydrogen) atoms. The van der Waals surface area contributed by atoms with E-state index < -0.39 is 5.97 Å². The maximum absolute atomic E-state index is 11.9. The first-order valence-corrected chi connectivity index (χ1v) is 8.70. The summed E-state index contributed by atoms with van der Waals surface area (Å²) in [5.41, 5.74) is 2.65. The van der Waals surface area contributed by atoms with Gasteiger partial charge in [0.2, 0.25) is 0 Å². The fraction of sp³-hybridized carbons (Fsp3) is 0.0909. The van der Waals surface area contributed by atoms with E-state index in [1.807, 2.05) is 0 Å². The molecule has 3 N–H and O–H groups in total. The van der Waals surface area contributed by atoms with Crippen molar-refractivity contribution in [3.8, 4) is 28.2 Å². The highest BCUT2D eigenvalue weighted by molar-refractivity contribution is 6.08. The summed E-state index contributed by atoms with van der Waals surface area (Å²) >= 11 is 0. The number of phenolic OH excluding ortho intramolecular Hbond substituents is 1. The van der Waals surface area contributed by atoms with Crippen LogP contribution in [0, 0.1) is 0 Å². The molecule has 0 bridgehead atoms. The van der Waals surface area contributed by atoms with Crippen LogP contribution in [0.2, 0.25) is 0 Å². The number of hydrogen-bond donors (Lipinski definition) is 3. The third-order valence-corrected chi connectivity index (χ3v) is 4.72. The third kappa shape index (κ3) is 3.44. The third-order valence-electron chi connectivity index (χ3n) is 4.72. The van der Waals surface area contributed by atoms with Crippen LogP contribution in [0.3, 0.4) is 0 Å². The van der Waals surface area contributed by atoms with Crippen LogP contribution in [-0.2, 0) is 6.54 Å². The topological polar surface area (TPSA) is 99.8 Å². The number of aromatic carboxylic acids is 1. The zero-order valence-electron chi connectivity index (χ0n) is 15.4. The average molecular weight is 412 g/mol. The molecule has 0 unspecified atom stereocenters. The number of carbonyl (C=O) groups is 1. The van der Waals surface area contributed by atoms with Gasteiger partial charge in [0.25, 0.3) is 0 Å². The van der Waals surface area contributed by atoms with Crippen LogP contribution in [0.1, 0.15) is 15.9 Å². The van der Waals surface area contributed by atoms with E-state index >= 15 is 0 Å². The van der Waals surface area contributed by atoms with E-state index in [0.29, 0.717) is 45.5 Å². The Balaban J connectivity index is 0.00000240. The maximum atomic E-state index is 11.9. The molecule has 2 aliphatic rings. The van der Waals surface area contributed by atoms with Gasteiger partial charge in [0.1, 0.15) is 17.1 Å². The minimum Gasteiger partial charge on any atom is -0.507 e. The van der Waals surface area contributed by atoms with Crippen molar-refractivity contribution in [3.05, 3.63) is 75.9 Å². The summed E-state index contributed by atoms with van der Waals surface area (Å²) in [6.07, 6.45) is 0. The van der Waals surface area contributed by atoms with E-state index in [0.717, 1.165) is 0 Å². The monoisotopic (exact) mass is 411 g/mol. The average Bonchev–Trinajstić information content (AvgIpc) is 2.68. The molecule has 0 aromatic heterocycles. The first kappa shape index (κ1) is 20.4. The van der Waals surface area contributed by atoms with Crippen molar-refractivity contribution < 1.29 is 19.4 Å². The van der Waals surface area contributed by atoms with Gasteiger partial charge in [-0.15, -0.1) is 12.4 Å². The predicted octanol–water partition coefficient (Wildman–Crippen LogP) is 4.11. The molecule has 7 heteroatoms. The summed E-state index contributed by atoms with van der Waals surface area (Å²) in [7, 11) is 1.75. The van der Waals surface area contributed by atoms with Crippen molar-refractivity contribution in [1.82, 2.24) is 5.32 Å². The normalized spacial score (nSPS) is 10.8. The van der Waals surface area contributed by atoms with E-state index in [2.05, 4.69) is 5.32 Å². The number of aromatic hydroxyl groups is 1. The van der Waals surface area contributed by atoms with Crippen LogP contribution in [0.4, 0.5) is 0 Å². The van der Waals surface area contributed by atoms with Crippen LogP contribution in [0.5, 0.6) is 5.75 Å². The van der Waals surface area contributed by atoms with Gasteiger partial charge in [0.05, 0.1) is 11.1 Å². The summed E-state index contributed by atoms with van der Waals surface area (Å²) in [6.45, 7) is 0.343. The lowest BCUT2D eigenvalue weighted by Gasteiger charge is -2.18. The van der Waals surface area contributed by atoms with Gasteiger partial charge >= 0.3 is 5.97 Å². The molecule has 0 amide bonds. The van der Waals surface area contributed by atoms with Crippen molar-refractivity contribution in [2.24, 2.45) is 0 Å². The number of halogens is 1. The minimum atomic E-state index is -1.05. The smallest absolute Gasteiger partial charge is 0.336 e. The van der Waals surface area contributed by atoms with Gasteiger partial charge in [-0.3, -0.25) is 4.79 Å². The highest BCUT2D eigenvalue weighted by Crippen LogP contribution is 2.43. The molecule has 0 saturated heterocycles. The molecule has 0 fully saturated rings. The Hall–Kier alpha value is -3.35. The Kier molecular flexibility index (Phi) is 5.59. The predicted molar refractivity (Wildman–Crippen MR) is 113 cm³/mol. The number of carboxylic acid groups (broad SMARTS) is 1. The standard InChI is InChI=1S/C22H17NO5.ClH/c1-23-11-17-18(25)9-8-16-20(13-4-2-3-5-14(13)22(26)27)15-7-6-12(24)10-19(15)28-21(16)17;/h2-10,23,25H,11H2,1H3,(H,26,27);1H. The Bertz CT molecular complexity index is 1250. The minimum absolute atomic E-state index is 0. The van der Waals surface area contributed by atoms with Crippen LogP contribution >= 0.6 is 12.4 Å². The first-order chi connectivity index (χ1) is 13.5. The molecule has 0 radical (unpaired) electrons.